The molecule has 0 amide bonds. The van der Waals surface area contributed by atoms with Crippen molar-refractivity contribution in [2.24, 2.45) is 11.8 Å². The van der Waals surface area contributed by atoms with Gasteiger partial charge in [-0.1, -0.05) is 43.3 Å². The Labute approximate surface area is 175 Å². The van der Waals surface area contributed by atoms with Crippen LogP contribution in [0.1, 0.15) is 62.9 Å². The van der Waals surface area contributed by atoms with Crippen molar-refractivity contribution >= 4 is 34.9 Å². The Kier molecular flexibility index (Phi) is 9.41. The number of carbonyl (C=O) groups excluding carboxylic acids is 1. The molecule has 3 atom stereocenters. The molecule has 5 nitrogen and oxygen atoms in total. The van der Waals surface area contributed by atoms with E-state index >= 15 is 0 Å². The number of thioether (sulfide) groups is 1. The molecule has 1 aromatic heterocycles. The third-order valence-electron chi connectivity index (χ3n) is 5.03. The molecule has 0 bridgehead atoms. The number of hydrogen-bond donors (Lipinski definition) is 2. The van der Waals surface area contributed by atoms with E-state index < -0.39 is 12.1 Å². The Bertz CT molecular complexity index is 726. The molecule has 1 aliphatic rings. The second-order valence-corrected chi connectivity index (χ2v) is 9.33. The SMILES string of the molecule is CCCC=C(C)C(O)CC=C[C@H]1CCC(=O)[C@@H]1CCSc1nc(C(=O)O)cs1. The number of thiazole rings is 1. The minimum absolute atomic E-state index is 0.0107. The monoisotopic (exact) mass is 423 g/mol. The van der Waals surface area contributed by atoms with Gasteiger partial charge in [0, 0.05) is 23.5 Å². The van der Waals surface area contributed by atoms with Gasteiger partial charge in [0.05, 0.1) is 6.10 Å². The van der Waals surface area contributed by atoms with E-state index in [0.717, 1.165) is 41.3 Å². The highest BCUT2D eigenvalue weighted by Gasteiger charge is 2.32. The van der Waals surface area contributed by atoms with Crippen molar-refractivity contribution < 1.29 is 19.8 Å². The minimum atomic E-state index is -1.01. The molecule has 0 radical (unpaired) electrons. The van der Waals surface area contributed by atoms with E-state index in [0.29, 0.717) is 18.6 Å². The molecule has 0 spiro atoms. The smallest absolute Gasteiger partial charge is 0.355 e. The molecule has 2 rings (SSSR count). The molecule has 1 fully saturated rings. The third-order valence-corrected chi connectivity index (χ3v) is 7.09. The molecule has 1 saturated carbocycles. The minimum Gasteiger partial charge on any atom is -0.476 e. The highest BCUT2D eigenvalue weighted by molar-refractivity contribution is 8.01. The van der Waals surface area contributed by atoms with E-state index in [1.165, 1.54) is 23.1 Å². The van der Waals surface area contributed by atoms with Gasteiger partial charge in [-0.3, -0.25) is 4.79 Å². The largest absolute Gasteiger partial charge is 0.476 e. The number of carboxylic acids is 1. The normalized spacial score (nSPS) is 21.5. The van der Waals surface area contributed by atoms with Crippen molar-refractivity contribution in [1.29, 1.82) is 0 Å². The molecule has 1 heterocycles. The van der Waals surface area contributed by atoms with E-state index in [1.807, 2.05) is 13.0 Å². The predicted molar refractivity (Wildman–Crippen MR) is 114 cm³/mol. The number of unbranched alkanes of at least 4 members (excludes halogenated alkanes) is 1. The summed E-state index contributed by atoms with van der Waals surface area (Å²) in [7, 11) is 0. The standard InChI is InChI=1S/C21H29NO4S2/c1-3-4-6-14(2)18(23)8-5-7-15-9-10-19(24)16(15)11-12-27-21-22-17(13-28-21)20(25)26/h5-7,13,15-16,18,23H,3-4,8-12H2,1-2H3,(H,25,26)/t15-,16+,18?/m0/s1. The highest BCUT2D eigenvalue weighted by Crippen LogP contribution is 2.35. The number of hydrogen-bond acceptors (Lipinski definition) is 6. The number of aromatic nitrogens is 1. The van der Waals surface area contributed by atoms with Crippen LogP contribution in [-0.2, 0) is 4.79 Å². The number of aliphatic hydroxyl groups excluding tert-OH is 1. The summed E-state index contributed by atoms with van der Waals surface area (Å²) in [4.78, 5) is 27.2. The van der Waals surface area contributed by atoms with Gasteiger partial charge in [0.2, 0.25) is 0 Å². The van der Waals surface area contributed by atoms with Gasteiger partial charge < -0.3 is 10.2 Å². The maximum atomic E-state index is 12.3. The summed E-state index contributed by atoms with van der Waals surface area (Å²) in [5, 5.41) is 20.7. The summed E-state index contributed by atoms with van der Waals surface area (Å²) < 4.78 is 0.729. The second-order valence-electron chi connectivity index (χ2n) is 7.13. The number of carboxylic acid groups (broad SMARTS) is 1. The van der Waals surface area contributed by atoms with Crippen LogP contribution in [0.5, 0.6) is 0 Å². The fraction of sp³-hybridized carbons (Fsp3) is 0.571. The number of rotatable bonds is 11. The van der Waals surface area contributed by atoms with E-state index in [9.17, 15) is 14.7 Å². The molecule has 1 unspecified atom stereocenters. The van der Waals surface area contributed by atoms with Crippen molar-refractivity contribution in [3.05, 3.63) is 34.9 Å². The number of ketones is 1. The number of aliphatic hydroxyl groups is 1. The highest BCUT2D eigenvalue weighted by atomic mass is 32.2. The summed E-state index contributed by atoms with van der Waals surface area (Å²) >= 11 is 2.84. The van der Waals surface area contributed by atoms with Crippen molar-refractivity contribution in [3.8, 4) is 0 Å². The lowest BCUT2D eigenvalue weighted by Crippen LogP contribution is -2.14. The first-order chi connectivity index (χ1) is 13.4. The van der Waals surface area contributed by atoms with E-state index in [-0.39, 0.29) is 17.5 Å². The van der Waals surface area contributed by atoms with Crippen molar-refractivity contribution in [1.82, 2.24) is 4.98 Å². The van der Waals surface area contributed by atoms with Gasteiger partial charge in [0.15, 0.2) is 10.0 Å². The van der Waals surface area contributed by atoms with Gasteiger partial charge in [0.1, 0.15) is 5.78 Å². The number of carbonyl (C=O) groups is 2. The molecule has 7 heteroatoms. The van der Waals surface area contributed by atoms with E-state index in [2.05, 4.69) is 24.1 Å². The molecular formula is C21H29NO4S2. The van der Waals surface area contributed by atoms with Crippen LogP contribution < -0.4 is 0 Å². The van der Waals surface area contributed by atoms with E-state index in [1.54, 1.807) is 5.38 Å². The first kappa shape index (κ1) is 22.8. The van der Waals surface area contributed by atoms with Crippen LogP contribution in [0.3, 0.4) is 0 Å². The Morgan fingerprint density at radius 3 is 2.96 bits per heavy atom. The average Bonchev–Trinajstić information content (AvgIpc) is 3.28. The van der Waals surface area contributed by atoms with Gasteiger partial charge in [-0.05, 0) is 44.1 Å². The Balaban J connectivity index is 1.82. The van der Waals surface area contributed by atoms with E-state index in [4.69, 9.17) is 5.11 Å². The summed E-state index contributed by atoms with van der Waals surface area (Å²) in [5.74, 6) is 0.276. The molecule has 0 aliphatic heterocycles. The Morgan fingerprint density at radius 2 is 2.29 bits per heavy atom. The number of Topliss-reactive ketones (excluding diaryl/α,β-unsaturated/α-hetero) is 1. The number of aromatic carboxylic acids is 1. The first-order valence-electron chi connectivity index (χ1n) is 9.78. The topological polar surface area (TPSA) is 87.5 Å². The maximum Gasteiger partial charge on any atom is 0.355 e. The lowest BCUT2D eigenvalue weighted by atomic mass is 9.92. The van der Waals surface area contributed by atoms with Crippen molar-refractivity contribution in [3.63, 3.8) is 0 Å². The lowest BCUT2D eigenvalue weighted by Gasteiger charge is -2.15. The Hall–Kier alpha value is -1.44. The molecular weight excluding hydrogens is 394 g/mol. The molecule has 28 heavy (non-hydrogen) atoms. The van der Waals surface area contributed by atoms with Crippen molar-refractivity contribution in [2.45, 2.75) is 62.8 Å². The zero-order valence-electron chi connectivity index (χ0n) is 16.5. The zero-order valence-corrected chi connectivity index (χ0v) is 18.1. The van der Waals surface area contributed by atoms with Gasteiger partial charge in [-0.15, -0.1) is 11.3 Å². The molecule has 1 aromatic rings. The van der Waals surface area contributed by atoms with Crippen molar-refractivity contribution in [2.75, 3.05) is 5.75 Å². The molecule has 2 N–H and O–H groups in total. The van der Waals surface area contributed by atoms with Gasteiger partial charge in [0.25, 0.3) is 0 Å². The average molecular weight is 424 g/mol. The summed E-state index contributed by atoms with van der Waals surface area (Å²) in [5.41, 5.74) is 1.08. The number of allylic oxidation sites excluding steroid dienone is 2. The van der Waals surface area contributed by atoms with Gasteiger partial charge >= 0.3 is 5.97 Å². The molecule has 0 aromatic carbocycles. The fourth-order valence-electron chi connectivity index (χ4n) is 3.31. The maximum absolute atomic E-state index is 12.3. The van der Waals surface area contributed by atoms with Crippen LogP contribution in [0, 0.1) is 11.8 Å². The first-order valence-corrected chi connectivity index (χ1v) is 11.6. The Morgan fingerprint density at radius 1 is 1.50 bits per heavy atom. The summed E-state index contributed by atoms with van der Waals surface area (Å²) in [6.07, 6.45) is 10.6. The van der Waals surface area contributed by atoms with Crippen LogP contribution in [0.4, 0.5) is 0 Å². The second kappa shape index (κ2) is 11.5. The number of nitrogens with zero attached hydrogens (tertiary/aromatic N) is 1. The van der Waals surface area contributed by atoms with Gasteiger partial charge in [-0.25, -0.2) is 9.78 Å². The van der Waals surface area contributed by atoms with Crippen LogP contribution in [0.25, 0.3) is 0 Å². The van der Waals surface area contributed by atoms with Crippen LogP contribution in [0.2, 0.25) is 0 Å². The lowest BCUT2D eigenvalue weighted by molar-refractivity contribution is -0.121. The fourth-order valence-corrected chi connectivity index (χ4v) is 5.20. The summed E-state index contributed by atoms with van der Waals surface area (Å²) in [6.45, 7) is 4.08. The molecule has 0 saturated heterocycles. The molecule has 1 aliphatic carbocycles. The molecule has 154 valence electrons. The van der Waals surface area contributed by atoms with Crippen LogP contribution in [-0.4, -0.2) is 38.8 Å². The zero-order chi connectivity index (χ0) is 20.5. The van der Waals surface area contributed by atoms with Crippen LogP contribution in [0.15, 0.2) is 33.5 Å². The summed E-state index contributed by atoms with van der Waals surface area (Å²) in [6, 6.07) is 0. The quantitative estimate of drug-likeness (QED) is 0.386. The van der Waals surface area contributed by atoms with Gasteiger partial charge in [-0.2, -0.15) is 0 Å². The predicted octanol–water partition coefficient (Wildman–Crippen LogP) is 4.97. The van der Waals surface area contributed by atoms with Crippen LogP contribution >= 0.6 is 23.1 Å². The third kappa shape index (κ3) is 6.87.